The SMILES string of the molecule is CC(C)(N)c1ncc2c(SC3CCCC3)cccn12.Cl. The highest BCUT2D eigenvalue weighted by atomic mass is 35.5. The molecule has 1 fully saturated rings. The summed E-state index contributed by atoms with van der Waals surface area (Å²) in [6.45, 7) is 4.00. The van der Waals surface area contributed by atoms with Gasteiger partial charge in [0, 0.05) is 16.3 Å². The maximum atomic E-state index is 6.19. The normalized spacial score (nSPS) is 16.6. The lowest BCUT2D eigenvalue weighted by molar-refractivity contribution is 0.511. The molecule has 0 bridgehead atoms. The molecule has 0 aromatic carbocycles. The number of pyridine rings is 1. The van der Waals surface area contributed by atoms with Crippen molar-refractivity contribution in [2.45, 2.75) is 55.2 Å². The molecule has 0 atom stereocenters. The van der Waals surface area contributed by atoms with Crippen molar-refractivity contribution in [3.8, 4) is 0 Å². The van der Waals surface area contributed by atoms with Crippen LogP contribution < -0.4 is 5.73 Å². The van der Waals surface area contributed by atoms with Crippen molar-refractivity contribution >= 4 is 29.7 Å². The lowest BCUT2D eigenvalue weighted by atomic mass is 10.1. The van der Waals surface area contributed by atoms with Crippen LogP contribution in [-0.2, 0) is 5.54 Å². The van der Waals surface area contributed by atoms with Crippen LogP contribution in [0.2, 0.25) is 0 Å². The van der Waals surface area contributed by atoms with E-state index in [4.69, 9.17) is 5.73 Å². The number of nitrogens with two attached hydrogens (primary N) is 1. The summed E-state index contributed by atoms with van der Waals surface area (Å²) in [5.74, 6) is 0.927. The lowest BCUT2D eigenvalue weighted by Gasteiger charge is -2.17. The number of imidazole rings is 1. The lowest BCUT2D eigenvalue weighted by Crippen LogP contribution is -2.31. The van der Waals surface area contributed by atoms with Gasteiger partial charge in [0.25, 0.3) is 0 Å². The molecule has 2 heterocycles. The fourth-order valence-corrected chi connectivity index (χ4v) is 4.12. The molecule has 0 spiro atoms. The molecule has 3 nitrogen and oxygen atoms in total. The smallest absolute Gasteiger partial charge is 0.132 e. The van der Waals surface area contributed by atoms with Gasteiger partial charge < -0.3 is 10.1 Å². The zero-order valence-corrected chi connectivity index (χ0v) is 13.6. The Hall–Kier alpha value is -0.710. The van der Waals surface area contributed by atoms with Gasteiger partial charge in [-0.3, -0.25) is 0 Å². The van der Waals surface area contributed by atoms with Crippen LogP contribution in [0.25, 0.3) is 5.52 Å². The van der Waals surface area contributed by atoms with E-state index < -0.39 is 5.54 Å². The Kier molecular flexibility index (Phi) is 4.67. The number of hydrogen-bond acceptors (Lipinski definition) is 3. The molecule has 110 valence electrons. The number of fused-ring (bicyclic) bond motifs is 1. The second-order valence-corrected chi connectivity index (χ2v) is 7.30. The van der Waals surface area contributed by atoms with Crippen molar-refractivity contribution in [1.82, 2.24) is 9.38 Å². The van der Waals surface area contributed by atoms with Gasteiger partial charge in [0.2, 0.25) is 0 Å². The molecule has 0 amide bonds. The van der Waals surface area contributed by atoms with Gasteiger partial charge in [-0.2, -0.15) is 0 Å². The van der Waals surface area contributed by atoms with Gasteiger partial charge in [0.05, 0.1) is 17.3 Å². The first-order valence-corrected chi connectivity index (χ1v) is 7.86. The van der Waals surface area contributed by atoms with Crippen molar-refractivity contribution in [2.75, 3.05) is 0 Å². The quantitative estimate of drug-likeness (QED) is 0.932. The van der Waals surface area contributed by atoms with E-state index in [1.165, 1.54) is 36.1 Å². The number of aromatic nitrogens is 2. The second kappa shape index (κ2) is 5.96. The van der Waals surface area contributed by atoms with E-state index in [1.807, 2.05) is 31.8 Å². The first kappa shape index (κ1) is 15.7. The standard InChI is InChI=1S/C15H21N3S.ClH/c1-15(2,16)14-17-10-12-13(8-5-9-18(12)14)19-11-6-3-4-7-11;/h5,8-11H,3-4,6-7,16H2,1-2H3;1H. The predicted octanol–water partition coefficient (Wildman–Crippen LogP) is 3.98. The third-order valence-corrected chi connectivity index (χ3v) is 5.11. The summed E-state index contributed by atoms with van der Waals surface area (Å²) in [6.07, 6.45) is 9.46. The minimum Gasteiger partial charge on any atom is -0.319 e. The zero-order valence-electron chi connectivity index (χ0n) is 12.0. The second-order valence-electron chi connectivity index (χ2n) is 5.96. The van der Waals surface area contributed by atoms with E-state index >= 15 is 0 Å². The van der Waals surface area contributed by atoms with Gasteiger partial charge >= 0.3 is 0 Å². The van der Waals surface area contributed by atoms with Crippen LogP contribution in [0.4, 0.5) is 0 Å². The summed E-state index contributed by atoms with van der Waals surface area (Å²) >= 11 is 2.00. The Morgan fingerprint density at radius 3 is 2.70 bits per heavy atom. The molecule has 5 heteroatoms. The third-order valence-electron chi connectivity index (χ3n) is 3.70. The Labute approximate surface area is 130 Å². The third kappa shape index (κ3) is 2.97. The number of thioether (sulfide) groups is 1. The summed E-state index contributed by atoms with van der Waals surface area (Å²) < 4.78 is 2.14. The van der Waals surface area contributed by atoms with Crippen molar-refractivity contribution in [2.24, 2.45) is 5.73 Å². The van der Waals surface area contributed by atoms with E-state index in [-0.39, 0.29) is 12.4 Å². The molecule has 20 heavy (non-hydrogen) atoms. The topological polar surface area (TPSA) is 43.3 Å². The van der Waals surface area contributed by atoms with E-state index in [1.54, 1.807) is 0 Å². The van der Waals surface area contributed by atoms with Gasteiger partial charge in [-0.05, 0) is 38.8 Å². The highest BCUT2D eigenvalue weighted by molar-refractivity contribution is 8.00. The van der Waals surface area contributed by atoms with Crippen LogP contribution in [0.15, 0.2) is 29.4 Å². The van der Waals surface area contributed by atoms with Crippen LogP contribution in [0, 0.1) is 0 Å². The maximum absolute atomic E-state index is 6.19. The molecule has 1 saturated carbocycles. The summed E-state index contributed by atoms with van der Waals surface area (Å²) in [6, 6.07) is 4.30. The molecule has 2 aromatic rings. The van der Waals surface area contributed by atoms with Crippen LogP contribution >= 0.6 is 24.2 Å². The zero-order chi connectivity index (χ0) is 13.5. The fourth-order valence-electron chi connectivity index (χ4n) is 2.76. The van der Waals surface area contributed by atoms with Crippen molar-refractivity contribution in [3.63, 3.8) is 0 Å². The molecule has 2 N–H and O–H groups in total. The van der Waals surface area contributed by atoms with E-state index in [9.17, 15) is 0 Å². The predicted molar refractivity (Wildman–Crippen MR) is 87.8 cm³/mol. The Morgan fingerprint density at radius 1 is 1.35 bits per heavy atom. The molecule has 0 aliphatic heterocycles. The Balaban J connectivity index is 0.00000147. The largest absolute Gasteiger partial charge is 0.319 e. The van der Waals surface area contributed by atoms with E-state index in [0.29, 0.717) is 0 Å². The molecule has 0 unspecified atom stereocenters. The van der Waals surface area contributed by atoms with E-state index in [2.05, 4.69) is 27.7 Å². The average Bonchev–Trinajstić information content (AvgIpc) is 2.96. The van der Waals surface area contributed by atoms with Crippen LogP contribution in [0.5, 0.6) is 0 Å². The van der Waals surface area contributed by atoms with Crippen molar-refractivity contribution in [1.29, 1.82) is 0 Å². The first-order chi connectivity index (χ1) is 9.05. The minimum atomic E-state index is -0.414. The molecule has 1 aliphatic carbocycles. The summed E-state index contributed by atoms with van der Waals surface area (Å²) in [4.78, 5) is 5.86. The van der Waals surface area contributed by atoms with Gasteiger partial charge in [0.1, 0.15) is 5.82 Å². The van der Waals surface area contributed by atoms with Crippen LogP contribution in [0.1, 0.15) is 45.4 Å². The molecular formula is C15H22ClN3S. The molecule has 1 aliphatic rings. The Bertz CT molecular complexity index is 582. The highest BCUT2D eigenvalue weighted by Crippen LogP contribution is 2.37. The van der Waals surface area contributed by atoms with Crippen molar-refractivity contribution in [3.05, 3.63) is 30.4 Å². The molecule has 2 aromatic heterocycles. The first-order valence-electron chi connectivity index (χ1n) is 6.98. The number of hydrogen-bond donors (Lipinski definition) is 1. The number of rotatable bonds is 3. The molecule has 0 radical (unpaired) electrons. The van der Waals surface area contributed by atoms with Gasteiger partial charge in [-0.15, -0.1) is 24.2 Å². The van der Waals surface area contributed by atoms with Gasteiger partial charge in [0.15, 0.2) is 0 Å². The van der Waals surface area contributed by atoms with Crippen LogP contribution in [0.3, 0.4) is 0 Å². The van der Waals surface area contributed by atoms with Gasteiger partial charge in [-0.25, -0.2) is 4.98 Å². The maximum Gasteiger partial charge on any atom is 0.132 e. The highest BCUT2D eigenvalue weighted by Gasteiger charge is 2.22. The fraction of sp³-hybridized carbons (Fsp3) is 0.533. The van der Waals surface area contributed by atoms with E-state index in [0.717, 1.165) is 11.1 Å². The minimum absolute atomic E-state index is 0. The van der Waals surface area contributed by atoms with Gasteiger partial charge in [-0.1, -0.05) is 12.8 Å². The van der Waals surface area contributed by atoms with Crippen LogP contribution in [-0.4, -0.2) is 14.6 Å². The molecule has 0 saturated heterocycles. The molecular weight excluding hydrogens is 290 g/mol. The Morgan fingerprint density at radius 2 is 2.05 bits per heavy atom. The molecule has 3 rings (SSSR count). The summed E-state index contributed by atoms with van der Waals surface area (Å²) in [5, 5.41) is 0.774. The summed E-state index contributed by atoms with van der Waals surface area (Å²) in [5.41, 5.74) is 6.97. The number of halogens is 1. The average molecular weight is 312 g/mol. The monoisotopic (exact) mass is 311 g/mol. The summed E-state index contributed by atoms with van der Waals surface area (Å²) in [7, 11) is 0. The number of nitrogens with zero attached hydrogens (tertiary/aromatic N) is 2. The van der Waals surface area contributed by atoms with Crippen molar-refractivity contribution < 1.29 is 0 Å².